The van der Waals surface area contributed by atoms with Gasteiger partial charge in [-0.25, -0.2) is 0 Å². The first-order valence-corrected chi connectivity index (χ1v) is 12.0. The molecule has 0 aliphatic carbocycles. The van der Waals surface area contributed by atoms with Gasteiger partial charge in [0.1, 0.15) is 17.5 Å². The number of rotatable bonds is 2. The number of carbonyl (C=O) groups excluding carboxylic acids is 3. The van der Waals surface area contributed by atoms with Gasteiger partial charge in [-0.2, -0.15) is 0 Å². The van der Waals surface area contributed by atoms with Gasteiger partial charge >= 0.3 is 0 Å². The molecule has 1 spiro atoms. The van der Waals surface area contributed by atoms with Gasteiger partial charge in [0.05, 0.1) is 19.1 Å². The van der Waals surface area contributed by atoms with E-state index in [1.807, 2.05) is 24.3 Å². The zero-order valence-corrected chi connectivity index (χ0v) is 19.9. The average molecular weight is 471 g/mol. The first-order valence-electron chi connectivity index (χ1n) is 12.0. The van der Waals surface area contributed by atoms with Gasteiger partial charge in [0.15, 0.2) is 0 Å². The van der Waals surface area contributed by atoms with E-state index >= 15 is 0 Å². The number of hydrogen-bond acceptors (Lipinski definition) is 5. The molecule has 4 rings (SSSR count). The highest BCUT2D eigenvalue weighted by molar-refractivity contribution is 5.98. The fraction of sp³-hybridized carbons (Fsp3) is 0.560. The quantitative estimate of drug-likeness (QED) is 0.623. The Bertz CT molecular complexity index is 1040. The van der Waals surface area contributed by atoms with Gasteiger partial charge in [-0.3, -0.25) is 14.4 Å². The number of hydrogen-bond donors (Lipinski definition) is 3. The molecular formula is C25H34N4O5. The molecule has 3 heterocycles. The highest BCUT2D eigenvalue weighted by Gasteiger charge is 2.42. The van der Waals surface area contributed by atoms with Gasteiger partial charge in [-0.1, -0.05) is 6.42 Å². The maximum atomic E-state index is 13.3. The molecule has 9 nitrogen and oxygen atoms in total. The van der Waals surface area contributed by atoms with Gasteiger partial charge in [-0.05, 0) is 50.8 Å². The molecule has 34 heavy (non-hydrogen) atoms. The van der Waals surface area contributed by atoms with Crippen LogP contribution in [-0.2, 0) is 14.3 Å². The molecule has 9 heteroatoms. The summed E-state index contributed by atoms with van der Waals surface area (Å²) < 4.78 is 10.9. The number of aromatic amines is 1. The second kappa shape index (κ2) is 10.5. The predicted molar refractivity (Wildman–Crippen MR) is 128 cm³/mol. The van der Waals surface area contributed by atoms with Crippen molar-refractivity contribution in [3.8, 4) is 5.75 Å². The summed E-state index contributed by atoms with van der Waals surface area (Å²) >= 11 is 0. The second-order valence-electron chi connectivity index (χ2n) is 9.26. The summed E-state index contributed by atoms with van der Waals surface area (Å²) in [4.78, 5) is 43.8. The lowest BCUT2D eigenvalue weighted by molar-refractivity contribution is -0.137. The first-order chi connectivity index (χ1) is 16.4. The Labute approximate surface area is 199 Å². The number of piperidine rings is 1. The van der Waals surface area contributed by atoms with Crippen LogP contribution < -0.4 is 15.4 Å². The number of nitrogens with one attached hydrogen (secondary N) is 3. The molecule has 2 aliphatic rings. The molecule has 0 saturated carbocycles. The van der Waals surface area contributed by atoms with Crippen molar-refractivity contribution < 1.29 is 23.9 Å². The molecule has 184 valence electrons. The maximum absolute atomic E-state index is 13.3. The topological polar surface area (TPSA) is 113 Å². The highest BCUT2D eigenvalue weighted by Crippen LogP contribution is 2.38. The van der Waals surface area contributed by atoms with Crippen molar-refractivity contribution in [3.63, 3.8) is 0 Å². The lowest BCUT2D eigenvalue weighted by Gasteiger charge is -2.41. The summed E-state index contributed by atoms with van der Waals surface area (Å²) in [6.07, 6.45) is 3.56. The van der Waals surface area contributed by atoms with Gasteiger partial charge in [0, 0.05) is 43.2 Å². The van der Waals surface area contributed by atoms with Crippen LogP contribution in [-0.4, -0.2) is 73.6 Å². The number of fused-ring (bicyclic) bond motifs is 1. The van der Waals surface area contributed by atoms with Crippen LogP contribution in [0.2, 0.25) is 0 Å². The third kappa shape index (κ3) is 5.19. The molecule has 1 aromatic carbocycles. The zero-order chi connectivity index (χ0) is 24.1. The van der Waals surface area contributed by atoms with E-state index in [1.165, 1.54) is 0 Å². The largest absolute Gasteiger partial charge is 0.497 e. The minimum atomic E-state index is -0.617. The molecule has 0 unspecified atom stereocenters. The minimum Gasteiger partial charge on any atom is -0.497 e. The van der Waals surface area contributed by atoms with Crippen molar-refractivity contribution in [2.45, 2.75) is 45.1 Å². The molecule has 3 N–H and O–H groups in total. The Balaban J connectivity index is 1.45. The minimum absolute atomic E-state index is 0.0730. The van der Waals surface area contributed by atoms with Crippen LogP contribution in [0, 0.1) is 5.41 Å². The number of carbonyl (C=O) groups is 3. The zero-order valence-electron chi connectivity index (χ0n) is 19.9. The second-order valence-corrected chi connectivity index (χ2v) is 9.26. The van der Waals surface area contributed by atoms with Gasteiger partial charge in [0.2, 0.25) is 11.8 Å². The average Bonchev–Trinajstić information content (AvgIpc) is 3.28. The van der Waals surface area contributed by atoms with E-state index in [2.05, 4.69) is 15.6 Å². The van der Waals surface area contributed by atoms with Gasteiger partial charge in [-0.15, -0.1) is 0 Å². The van der Waals surface area contributed by atoms with Crippen LogP contribution >= 0.6 is 0 Å². The van der Waals surface area contributed by atoms with E-state index in [-0.39, 0.29) is 17.7 Å². The monoisotopic (exact) mass is 470 g/mol. The Morgan fingerprint density at radius 1 is 1.12 bits per heavy atom. The first kappa shape index (κ1) is 24.1. The summed E-state index contributed by atoms with van der Waals surface area (Å²) in [5, 5.41) is 6.66. The summed E-state index contributed by atoms with van der Waals surface area (Å²) in [6, 6.07) is 6.90. The molecule has 0 radical (unpaired) electrons. The van der Waals surface area contributed by atoms with Crippen LogP contribution in [0.1, 0.15) is 49.5 Å². The van der Waals surface area contributed by atoms with E-state index < -0.39 is 11.5 Å². The lowest BCUT2D eigenvalue weighted by atomic mass is 9.73. The smallest absolute Gasteiger partial charge is 0.270 e. The van der Waals surface area contributed by atoms with Crippen molar-refractivity contribution in [2.75, 3.05) is 40.0 Å². The van der Waals surface area contributed by atoms with Crippen molar-refractivity contribution in [3.05, 3.63) is 30.0 Å². The molecule has 1 atom stereocenters. The fourth-order valence-corrected chi connectivity index (χ4v) is 4.83. The SMILES string of the molecule is COc1ccc2cc(C(=O)N3CCC4(CCCCOCCNC(=O)[C@H](C)NC4=O)CC3)[nH]c2c1. The standard InChI is InChI=1S/C25H34N4O5/c1-17-22(30)26-10-14-34-13-4-3-7-25(24(32)27-17)8-11-29(12-9-25)23(31)21-15-18-5-6-19(33-2)16-20(18)28-21/h5-6,15-17,28H,3-4,7-14H2,1-2H3,(H,26,30)(H,27,32)/t17-/m0/s1. The van der Waals surface area contributed by atoms with Gasteiger partial charge < -0.3 is 30.0 Å². The summed E-state index contributed by atoms with van der Waals surface area (Å²) in [5.41, 5.74) is 0.786. The van der Waals surface area contributed by atoms with Crippen molar-refractivity contribution >= 4 is 28.6 Å². The Morgan fingerprint density at radius 3 is 2.68 bits per heavy atom. The van der Waals surface area contributed by atoms with E-state index in [1.54, 1.807) is 18.9 Å². The Morgan fingerprint density at radius 2 is 1.91 bits per heavy atom. The summed E-state index contributed by atoms with van der Waals surface area (Å²) in [6.45, 7) is 4.19. The predicted octanol–water partition coefficient (Wildman–Crippen LogP) is 2.22. The van der Waals surface area contributed by atoms with Crippen LogP contribution in [0.3, 0.4) is 0 Å². The van der Waals surface area contributed by atoms with Crippen molar-refractivity contribution in [2.24, 2.45) is 5.41 Å². The molecule has 2 aromatic rings. The molecule has 0 bridgehead atoms. The van der Waals surface area contributed by atoms with Crippen LogP contribution in [0.5, 0.6) is 5.75 Å². The van der Waals surface area contributed by atoms with Crippen LogP contribution in [0.15, 0.2) is 24.3 Å². The number of nitrogens with zero attached hydrogens (tertiary/aromatic N) is 1. The number of methoxy groups -OCH3 is 1. The fourth-order valence-electron chi connectivity index (χ4n) is 4.83. The summed E-state index contributed by atoms with van der Waals surface area (Å²) in [5.74, 6) is 0.344. The number of likely N-dealkylation sites (tertiary alicyclic amines) is 1. The molecular weight excluding hydrogens is 436 g/mol. The van der Waals surface area contributed by atoms with Crippen molar-refractivity contribution in [1.82, 2.24) is 20.5 Å². The number of amides is 3. The van der Waals surface area contributed by atoms with Crippen molar-refractivity contribution in [1.29, 1.82) is 0 Å². The number of benzene rings is 1. The molecule has 2 aliphatic heterocycles. The molecule has 2 fully saturated rings. The third-order valence-electron chi connectivity index (χ3n) is 7.03. The number of ether oxygens (including phenoxy) is 2. The lowest BCUT2D eigenvalue weighted by Crippen LogP contribution is -2.54. The normalized spacial score (nSPS) is 22.3. The number of aromatic nitrogens is 1. The molecule has 2 saturated heterocycles. The number of H-pyrrole nitrogens is 1. The van der Waals surface area contributed by atoms with E-state index in [4.69, 9.17) is 9.47 Å². The highest BCUT2D eigenvalue weighted by atomic mass is 16.5. The van der Waals surface area contributed by atoms with Crippen LogP contribution in [0.4, 0.5) is 0 Å². The van der Waals surface area contributed by atoms with E-state index in [0.29, 0.717) is 57.8 Å². The van der Waals surface area contributed by atoms with Crippen LogP contribution in [0.25, 0.3) is 10.9 Å². The third-order valence-corrected chi connectivity index (χ3v) is 7.03. The Hall–Kier alpha value is -3.07. The van der Waals surface area contributed by atoms with Gasteiger partial charge in [0.25, 0.3) is 5.91 Å². The molecule has 1 aromatic heterocycles. The van der Waals surface area contributed by atoms with E-state index in [0.717, 1.165) is 29.5 Å². The van der Waals surface area contributed by atoms with E-state index in [9.17, 15) is 14.4 Å². The Kier molecular flexibility index (Phi) is 7.41. The molecule has 3 amide bonds. The summed E-state index contributed by atoms with van der Waals surface area (Å²) in [7, 11) is 1.61. The maximum Gasteiger partial charge on any atom is 0.270 e.